The summed E-state index contributed by atoms with van der Waals surface area (Å²) < 4.78 is 14.7. The third kappa shape index (κ3) is 2.25. The van der Waals surface area contributed by atoms with Crippen LogP contribution >= 0.6 is 0 Å². The molecule has 0 spiro atoms. The van der Waals surface area contributed by atoms with Crippen molar-refractivity contribution in [3.63, 3.8) is 0 Å². The topological polar surface area (TPSA) is 55.1 Å². The number of hydrogen-bond donors (Lipinski definition) is 1. The van der Waals surface area contributed by atoms with Crippen LogP contribution in [-0.2, 0) is 4.79 Å². The SMILES string of the molecule is Cc1cc(-n2cc(C(C)C(=O)O)cn2)ccc1F. The fraction of sp³-hybridized carbons (Fsp3) is 0.231. The Balaban J connectivity index is 2.35. The van der Waals surface area contributed by atoms with Crippen LogP contribution < -0.4 is 0 Å². The molecule has 0 bridgehead atoms. The molecule has 0 saturated heterocycles. The first-order valence-corrected chi connectivity index (χ1v) is 5.53. The van der Waals surface area contributed by atoms with Gasteiger partial charge < -0.3 is 5.11 Å². The number of nitrogens with zero attached hydrogens (tertiary/aromatic N) is 2. The molecule has 94 valence electrons. The Morgan fingerprint density at radius 2 is 2.22 bits per heavy atom. The smallest absolute Gasteiger partial charge is 0.310 e. The van der Waals surface area contributed by atoms with Crippen molar-refractivity contribution in [3.05, 3.63) is 47.5 Å². The van der Waals surface area contributed by atoms with E-state index >= 15 is 0 Å². The van der Waals surface area contributed by atoms with Crippen LogP contribution in [0.15, 0.2) is 30.6 Å². The predicted molar refractivity (Wildman–Crippen MR) is 64.3 cm³/mol. The zero-order valence-corrected chi connectivity index (χ0v) is 10.1. The average Bonchev–Trinajstić information content (AvgIpc) is 2.81. The molecule has 0 saturated carbocycles. The van der Waals surface area contributed by atoms with E-state index in [1.807, 2.05) is 0 Å². The highest BCUT2D eigenvalue weighted by atomic mass is 19.1. The lowest BCUT2D eigenvalue weighted by molar-refractivity contribution is -0.138. The molecule has 18 heavy (non-hydrogen) atoms. The van der Waals surface area contributed by atoms with Crippen molar-refractivity contribution in [2.75, 3.05) is 0 Å². The summed E-state index contributed by atoms with van der Waals surface area (Å²) in [5.41, 5.74) is 1.85. The van der Waals surface area contributed by atoms with Gasteiger partial charge in [-0.15, -0.1) is 0 Å². The summed E-state index contributed by atoms with van der Waals surface area (Å²) in [6, 6.07) is 4.63. The first-order valence-electron chi connectivity index (χ1n) is 5.53. The number of carboxylic acids is 1. The Hall–Kier alpha value is -2.17. The number of rotatable bonds is 3. The first-order chi connectivity index (χ1) is 8.49. The molecule has 0 fully saturated rings. The standard InChI is InChI=1S/C13H13FN2O2/c1-8-5-11(3-4-12(8)14)16-7-10(6-15-16)9(2)13(17)18/h3-7,9H,1-2H3,(H,17,18). The van der Waals surface area contributed by atoms with Crippen LogP contribution in [0.5, 0.6) is 0 Å². The quantitative estimate of drug-likeness (QED) is 0.908. The van der Waals surface area contributed by atoms with Crippen LogP contribution in [0.2, 0.25) is 0 Å². The summed E-state index contributed by atoms with van der Waals surface area (Å²) in [5.74, 6) is -1.78. The molecule has 5 heteroatoms. The van der Waals surface area contributed by atoms with Crippen molar-refractivity contribution in [1.82, 2.24) is 9.78 Å². The van der Waals surface area contributed by atoms with Gasteiger partial charge >= 0.3 is 5.97 Å². The van der Waals surface area contributed by atoms with Crippen LogP contribution in [0.25, 0.3) is 5.69 Å². The number of halogens is 1. The van der Waals surface area contributed by atoms with Gasteiger partial charge in [-0.2, -0.15) is 5.10 Å². The van der Waals surface area contributed by atoms with Crippen molar-refractivity contribution < 1.29 is 14.3 Å². The van der Waals surface area contributed by atoms with Gasteiger partial charge in [0.15, 0.2) is 0 Å². The van der Waals surface area contributed by atoms with E-state index in [1.54, 1.807) is 36.9 Å². The number of aryl methyl sites for hydroxylation is 1. The highest BCUT2D eigenvalue weighted by molar-refractivity contribution is 5.75. The van der Waals surface area contributed by atoms with Crippen LogP contribution in [0.3, 0.4) is 0 Å². The molecule has 1 unspecified atom stereocenters. The Morgan fingerprint density at radius 3 is 2.83 bits per heavy atom. The number of benzene rings is 1. The molecule has 2 aromatic rings. The monoisotopic (exact) mass is 248 g/mol. The minimum Gasteiger partial charge on any atom is -0.481 e. The zero-order chi connectivity index (χ0) is 13.3. The lowest BCUT2D eigenvalue weighted by Gasteiger charge is -2.04. The van der Waals surface area contributed by atoms with E-state index in [0.717, 1.165) is 0 Å². The second-order valence-electron chi connectivity index (χ2n) is 4.21. The Kier molecular flexibility index (Phi) is 3.14. The molecule has 0 radical (unpaired) electrons. The molecular weight excluding hydrogens is 235 g/mol. The van der Waals surface area contributed by atoms with E-state index in [-0.39, 0.29) is 5.82 Å². The summed E-state index contributed by atoms with van der Waals surface area (Å²) in [5, 5.41) is 13.0. The normalized spacial score (nSPS) is 12.4. The second kappa shape index (κ2) is 4.60. The van der Waals surface area contributed by atoms with E-state index in [2.05, 4.69) is 5.10 Å². The summed E-state index contributed by atoms with van der Waals surface area (Å²) in [4.78, 5) is 10.9. The fourth-order valence-corrected chi connectivity index (χ4v) is 1.62. The van der Waals surface area contributed by atoms with E-state index < -0.39 is 11.9 Å². The number of aromatic nitrogens is 2. The predicted octanol–water partition coefficient (Wildman–Crippen LogP) is 2.51. The molecule has 1 N–H and O–H groups in total. The first kappa shape index (κ1) is 12.3. The molecule has 1 heterocycles. The number of carbonyl (C=O) groups is 1. The molecular formula is C13H13FN2O2. The summed E-state index contributed by atoms with van der Waals surface area (Å²) >= 11 is 0. The minimum atomic E-state index is -0.898. The van der Waals surface area contributed by atoms with Crippen molar-refractivity contribution >= 4 is 5.97 Å². The minimum absolute atomic E-state index is 0.273. The lowest BCUT2D eigenvalue weighted by Crippen LogP contribution is -2.06. The summed E-state index contributed by atoms with van der Waals surface area (Å²) in [6.07, 6.45) is 3.16. The van der Waals surface area contributed by atoms with Gasteiger partial charge in [0.1, 0.15) is 5.82 Å². The summed E-state index contributed by atoms with van der Waals surface area (Å²) in [6.45, 7) is 3.27. The highest BCUT2D eigenvalue weighted by Crippen LogP contribution is 2.18. The average molecular weight is 248 g/mol. The maximum absolute atomic E-state index is 13.1. The van der Waals surface area contributed by atoms with Gasteiger partial charge in [-0.05, 0) is 37.6 Å². The number of aliphatic carboxylic acids is 1. The molecule has 0 aliphatic heterocycles. The van der Waals surface area contributed by atoms with Gasteiger partial charge in [-0.25, -0.2) is 9.07 Å². The number of carboxylic acid groups (broad SMARTS) is 1. The Labute approximate surface area is 104 Å². The van der Waals surface area contributed by atoms with Gasteiger partial charge in [0.05, 0.1) is 17.8 Å². The second-order valence-corrected chi connectivity index (χ2v) is 4.21. The van der Waals surface area contributed by atoms with Gasteiger partial charge in [0.25, 0.3) is 0 Å². The third-order valence-electron chi connectivity index (χ3n) is 2.88. The van der Waals surface area contributed by atoms with E-state index in [4.69, 9.17) is 5.11 Å². The van der Waals surface area contributed by atoms with Crippen LogP contribution in [0.1, 0.15) is 24.0 Å². The van der Waals surface area contributed by atoms with Gasteiger partial charge in [-0.1, -0.05) is 0 Å². The zero-order valence-electron chi connectivity index (χ0n) is 10.1. The van der Waals surface area contributed by atoms with E-state index in [1.165, 1.54) is 12.3 Å². The van der Waals surface area contributed by atoms with E-state index in [9.17, 15) is 9.18 Å². The largest absolute Gasteiger partial charge is 0.481 e. The Morgan fingerprint density at radius 1 is 1.50 bits per heavy atom. The molecule has 0 aliphatic carbocycles. The lowest BCUT2D eigenvalue weighted by atomic mass is 10.1. The summed E-state index contributed by atoms with van der Waals surface area (Å²) in [7, 11) is 0. The maximum Gasteiger partial charge on any atom is 0.310 e. The fourth-order valence-electron chi connectivity index (χ4n) is 1.62. The van der Waals surface area contributed by atoms with Crippen molar-refractivity contribution in [3.8, 4) is 5.69 Å². The van der Waals surface area contributed by atoms with Gasteiger partial charge in [0.2, 0.25) is 0 Å². The van der Waals surface area contributed by atoms with Crippen LogP contribution in [-0.4, -0.2) is 20.9 Å². The van der Waals surface area contributed by atoms with Gasteiger partial charge in [0, 0.05) is 11.8 Å². The molecule has 1 aromatic heterocycles. The number of hydrogen-bond acceptors (Lipinski definition) is 2. The highest BCUT2D eigenvalue weighted by Gasteiger charge is 2.15. The van der Waals surface area contributed by atoms with Crippen molar-refractivity contribution in [1.29, 1.82) is 0 Å². The molecule has 0 amide bonds. The van der Waals surface area contributed by atoms with Crippen LogP contribution in [0, 0.1) is 12.7 Å². The molecule has 1 aromatic carbocycles. The van der Waals surface area contributed by atoms with E-state index in [0.29, 0.717) is 16.8 Å². The third-order valence-corrected chi connectivity index (χ3v) is 2.88. The van der Waals surface area contributed by atoms with Crippen LogP contribution in [0.4, 0.5) is 4.39 Å². The molecule has 1 atom stereocenters. The van der Waals surface area contributed by atoms with Gasteiger partial charge in [-0.3, -0.25) is 4.79 Å². The van der Waals surface area contributed by atoms with Crippen molar-refractivity contribution in [2.24, 2.45) is 0 Å². The molecule has 4 nitrogen and oxygen atoms in total. The Bertz CT molecular complexity index is 592. The van der Waals surface area contributed by atoms with Crippen molar-refractivity contribution in [2.45, 2.75) is 19.8 Å². The molecule has 2 rings (SSSR count). The molecule has 0 aliphatic rings. The maximum atomic E-state index is 13.1.